The van der Waals surface area contributed by atoms with Crippen molar-refractivity contribution in [3.05, 3.63) is 30.3 Å². The molecule has 0 aromatic heterocycles. The number of rotatable bonds is 1. The molecule has 0 aliphatic carbocycles. The van der Waals surface area contributed by atoms with Crippen LogP contribution in [0.15, 0.2) is 30.3 Å². The van der Waals surface area contributed by atoms with E-state index in [1.54, 1.807) is 12.1 Å². The van der Waals surface area contributed by atoms with Gasteiger partial charge in [-0.3, -0.25) is 5.41 Å². The number of guanidine groups is 1. The number of benzene rings is 1. The quantitative estimate of drug-likeness (QED) is 0.381. The van der Waals surface area contributed by atoms with Crippen LogP contribution in [0.2, 0.25) is 0 Å². The van der Waals surface area contributed by atoms with Gasteiger partial charge in [-0.1, -0.05) is 18.2 Å². The molecule has 11 heavy (non-hydrogen) atoms. The highest BCUT2D eigenvalue weighted by Gasteiger charge is 2.03. The minimum atomic E-state index is -0.183. The largest absolute Gasteiger partial charge is 0.369 e. The number of anilines is 1. The first-order chi connectivity index (χ1) is 5.22. The summed E-state index contributed by atoms with van der Waals surface area (Å²) in [6, 6.07) is 9.07. The summed E-state index contributed by atoms with van der Waals surface area (Å²) in [5.41, 5.74) is 5.84. The van der Waals surface area contributed by atoms with Crippen LogP contribution < -0.4 is 10.2 Å². The normalized spacial score (nSPS) is 9.18. The zero-order chi connectivity index (χ0) is 8.27. The molecule has 0 fully saturated rings. The summed E-state index contributed by atoms with van der Waals surface area (Å²) in [4.78, 5) is 0. The number of nitrogens with two attached hydrogens (primary N) is 1. The SMILES string of the molecule is N=C(N)N(Cl)c1ccccc1. The maximum Gasteiger partial charge on any atom is 0.208 e. The lowest BCUT2D eigenvalue weighted by atomic mass is 10.3. The van der Waals surface area contributed by atoms with Crippen molar-refractivity contribution in [2.75, 3.05) is 4.42 Å². The summed E-state index contributed by atoms with van der Waals surface area (Å²) < 4.78 is 1.08. The Bertz CT molecular complexity index is 247. The molecule has 3 N–H and O–H groups in total. The van der Waals surface area contributed by atoms with Crippen molar-refractivity contribution in [3.8, 4) is 0 Å². The topological polar surface area (TPSA) is 53.1 Å². The third-order valence-electron chi connectivity index (χ3n) is 1.19. The number of hydrogen-bond acceptors (Lipinski definition) is 1. The number of nitrogens with zero attached hydrogens (tertiary/aromatic N) is 1. The summed E-state index contributed by atoms with van der Waals surface area (Å²) in [5.74, 6) is -0.183. The van der Waals surface area contributed by atoms with E-state index in [0.717, 1.165) is 4.42 Å². The van der Waals surface area contributed by atoms with Gasteiger partial charge in [-0.2, -0.15) is 0 Å². The molecule has 0 bridgehead atoms. The average molecular weight is 170 g/mol. The fourth-order valence-electron chi connectivity index (χ4n) is 0.698. The summed E-state index contributed by atoms with van der Waals surface area (Å²) in [5, 5.41) is 7.01. The molecule has 0 spiro atoms. The van der Waals surface area contributed by atoms with E-state index >= 15 is 0 Å². The smallest absolute Gasteiger partial charge is 0.208 e. The van der Waals surface area contributed by atoms with Crippen molar-refractivity contribution in [3.63, 3.8) is 0 Å². The van der Waals surface area contributed by atoms with Crippen LogP contribution in [0.5, 0.6) is 0 Å². The van der Waals surface area contributed by atoms with Crippen LogP contribution in [0.3, 0.4) is 0 Å². The predicted molar refractivity (Wildman–Crippen MR) is 46.7 cm³/mol. The van der Waals surface area contributed by atoms with Gasteiger partial charge in [-0.25, -0.2) is 4.42 Å². The Morgan fingerprint density at radius 1 is 1.36 bits per heavy atom. The second-order valence-corrected chi connectivity index (χ2v) is 2.34. The molecule has 1 rings (SSSR count). The van der Waals surface area contributed by atoms with Crippen LogP contribution in [0.25, 0.3) is 0 Å². The van der Waals surface area contributed by atoms with E-state index in [0.29, 0.717) is 5.69 Å². The van der Waals surface area contributed by atoms with E-state index < -0.39 is 0 Å². The Morgan fingerprint density at radius 2 is 1.91 bits per heavy atom. The zero-order valence-electron chi connectivity index (χ0n) is 5.79. The molecular weight excluding hydrogens is 162 g/mol. The van der Waals surface area contributed by atoms with Gasteiger partial charge in [0.25, 0.3) is 0 Å². The Kier molecular flexibility index (Phi) is 2.33. The predicted octanol–water partition coefficient (Wildman–Crippen LogP) is 1.54. The van der Waals surface area contributed by atoms with E-state index in [-0.39, 0.29) is 5.96 Å². The molecule has 1 aromatic rings. The lowest BCUT2D eigenvalue weighted by Gasteiger charge is -2.11. The lowest BCUT2D eigenvalue weighted by Crippen LogP contribution is -2.27. The van der Waals surface area contributed by atoms with Gasteiger partial charge in [-0.05, 0) is 12.1 Å². The van der Waals surface area contributed by atoms with Crippen molar-refractivity contribution >= 4 is 23.4 Å². The first-order valence-corrected chi connectivity index (χ1v) is 3.40. The zero-order valence-corrected chi connectivity index (χ0v) is 6.55. The van der Waals surface area contributed by atoms with Gasteiger partial charge < -0.3 is 5.73 Å². The lowest BCUT2D eigenvalue weighted by molar-refractivity contribution is 1.34. The van der Waals surface area contributed by atoms with Gasteiger partial charge >= 0.3 is 0 Å². The molecule has 0 heterocycles. The maximum atomic E-state index is 7.01. The Labute approximate surface area is 70.0 Å². The minimum Gasteiger partial charge on any atom is -0.369 e. The standard InChI is InChI=1S/C7H8ClN3/c8-11(7(9)10)6-4-2-1-3-5-6/h1-5H,(H3,9,10). The molecule has 0 amide bonds. The number of para-hydroxylation sites is 1. The van der Waals surface area contributed by atoms with E-state index in [9.17, 15) is 0 Å². The van der Waals surface area contributed by atoms with E-state index in [2.05, 4.69) is 0 Å². The molecule has 0 unspecified atom stereocenters. The van der Waals surface area contributed by atoms with Gasteiger partial charge in [0, 0.05) is 11.8 Å². The molecule has 0 aliphatic rings. The van der Waals surface area contributed by atoms with Crippen LogP contribution in [-0.2, 0) is 0 Å². The van der Waals surface area contributed by atoms with Crippen LogP contribution in [0.4, 0.5) is 5.69 Å². The van der Waals surface area contributed by atoms with Crippen LogP contribution in [0, 0.1) is 5.41 Å². The molecule has 4 heteroatoms. The van der Waals surface area contributed by atoms with Gasteiger partial charge in [0.2, 0.25) is 5.96 Å². The van der Waals surface area contributed by atoms with Crippen molar-refractivity contribution < 1.29 is 0 Å². The highest BCUT2D eigenvalue weighted by atomic mass is 35.5. The molecule has 0 atom stereocenters. The average Bonchev–Trinajstić information content (AvgIpc) is 2.05. The summed E-state index contributed by atoms with van der Waals surface area (Å²) in [7, 11) is 0. The summed E-state index contributed by atoms with van der Waals surface area (Å²) in [6.45, 7) is 0. The molecule has 1 aromatic carbocycles. The fraction of sp³-hybridized carbons (Fsp3) is 0. The highest BCUT2D eigenvalue weighted by Crippen LogP contribution is 2.13. The fourth-order valence-corrected chi connectivity index (χ4v) is 0.811. The van der Waals surface area contributed by atoms with Crippen molar-refractivity contribution in [1.82, 2.24) is 0 Å². The maximum absolute atomic E-state index is 7.01. The molecular formula is C7H8ClN3. The molecule has 0 saturated heterocycles. The molecule has 0 radical (unpaired) electrons. The Morgan fingerprint density at radius 3 is 2.36 bits per heavy atom. The highest BCUT2D eigenvalue weighted by molar-refractivity contribution is 6.36. The van der Waals surface area contributed by atoms with Crippen LogP contribution in [-0.4, -0.2) is 5.96 Å². The summed E-state index contributed by atoms with van der Waals surface area (Å²) in [6.07, 6.45) is 0. The monoisotopic (exact) mass is 169 g/mol. The van der Waals surface area contributed by atoms with Gasteiger partial charge in [0.15, 0.2) is 0 Å². The molecule has 0 aliphatic heterocycles. The Balaban J connectivity index is 2.85. The second kappa shape index (κ2) is 3.25. The van der Waals surface area contributed by atoms with Gasteiger partial charge in [0.1, 0.15) is 0 Å². The van der Waals surface area contributed by atoms with Crippen LogP contribution >= 0.6 is 11.8 Å². The van der Waals surface area contributed by atoms with Crippen LogP contribution in [0.1, 0.15) is 0 Å². The van der Waals surface area contributed by atoms with E-state index in [1.807, 2.05) is 18.2 Å². The van der Waals surface area contributed by atoms with Gasteiger partial charge in [0.05, 0.1) is 5.69 Å². The van der Waals surface area contributed by atoms with Crippen molar-refractivity contribution in [2.24, 2.45) is 5.73 Å². The summed E-state index contributed by atoms with van der Waals surface area (Å²) >= 11 is 5.62. The second-order valence-electron chi connectivity index (χ2n) is 2.00. The molecule has 58 valence electrons. The van der Waals surface area contributed by atoms with Crippen molar-refractivity contribution in [2.45, 2.75) is 0 Å². The van der Waals surface area contributed by atoms with Crippen molar-refractivity contribution in [1.29, 1.82) is 5.41 Å². The van der Waals surface area contributed by atoms with Gasteiger partial charge in [-0.15, -0.1) is 0 Å². The van der Waals surface area contributed by atoms with E-state index in [4.69, 9.17) is 22.9 Å². The number of nitrogens with one attached hydrogen (secondary N) is 1. The minimum absolute atomic E-state index is 0.183. The Hall–Kier alpha value is -1.22. The number of hydrogen-bond donors (Lipinski definition) is 2. The molecule has 0 saturated carbocycles. The van der Waals surface area contributed by atoms with E-state index in [1.165, 1.54) is 0 Å². The third-order valence-corrected chi connectivity index (χ3v) is 1.57. The number of halogens is 1. The first kappa shape index (κ1) is 7.88. The third kappa shape index (κ3) is 1.85. The first-order valence-electron chi connectivity index (χ1n) is 3.07. The molecule has 3 nitrogen and oxygen atoms in total.